The molecule has 1 aliphatic heterocycles. The van der Waals surface area contributed by atoms with E-state index in [9.17, 15) is 9.59 Å². The van der Waals surface area contributed by atoms with Gasteiger partial charge in [0.25, 0.3) is 0 Å². The first kappa shape index (κ1) is 22.3. The monoisotopic (exact) mass is 403 g/mol. The molecule has 164 valence electrons. The first-order chi connectivity index (χ1) is 13.8. The number of nitrogens with zero attached hydrogens (tertiary/aromatic N) is 1. The standard InChI is InChI=1S/C24H41N3O2/c1-15(2)22-19(11-8-12-21(22)27(5)18-9-6-7-10-18)23(28)25-14-20-16(3)13-17(4)26-24(20)29/h16-22H,1,6-14H2,2-5H3,(H,25,28)(H,26,29). The van der Waals surface area contributed by atoms with E-state index in [4.69, 9.17) is 0 Å². The average molecular weight is 404 g/mol. The van der Waals surface area contributed by atoms with Gasteiger partial charge in [-0.3, -0.25) is 14.5 Å². The molecule has 6 atom stereocenters. The molecule has 3 aliphatic rings. The molecule has 0 aromatic heterocycles. The lowest BCUT2D eigenvalue weighted by Gasteiger charge is -2.45. The van der Waals surface area contributed by atoms with Crippen LogP contribution >= 0.6 is 0 Å². The predicted octanol–water partition coefficient (Wildman–Crippen LogP) is 3.50. The second-order valence-electron chi connectivity index (χ2n) is 10.1. The summed E-state index contributed by atoms with van der Waals surface area (Å²) in [6.45, 7) is 11.0. The number of nitrogens with one attached hydrogen (secondary N) is 2. The van der Waals surface area contributed by atoms with Gasteiger partial charge in [-0.05, 0) is 58.9 Å². The summed E-state index contributed by atoms with van der Waals surface area (Å²) >= 11 is 0. The Morgan fingerprint density at radius 3 is 2.48 bits per heavy atom. The normalized spacial score (nSPS) is 36.1. The molecule has 2 saturated carbocycles. The van der Waals surface area contributed by atoms with Crippen LogP contribution in [-0.4, -0.2) is 48.4 Å². The second-order valence-corrected chi connectivity index (χ2v) is 10.1. The molecule has 1 saturated heterocycles. The molecule has 3 rings (SSSR count). The third-order valence-electron chi connectivity index (χ3n) is 7.83. The van der Waals surface area contributed by atoms with Gasteiger partial charge in [0.2, 0.25) is 11.8 Å². The number of carbonyl (C=O) groups is 2. The van der Waals surface area contributed by atoms with Gasteiger partial charge in [-0.15, -0.1) is 0 Å². The Morgan fingerprint density at radius 1 is 1.17 bits per heavy atom. The number of amides is 2. The molecule has 6 unspecified atom stereocenters. The fourth-order valence-electron chi connectivity index (χ4n) is 6.20. The lowest BCUT2D eigenvalue weighted by atomic mass is 9.71. The summed E-state index contributed by atoms with van der Waals surface area (Å²) in [4.78, 5) is 28.2. The Bertz CT molecular complexity index is 613. The summed E-state index contributed by atoms with van der Waals surface area (Å²) in [6, 6.07) is 1.28. The van der Waals surface area contributed by atoms with Crippen LogP contribution in [0.2, 0.25) is 0 Å². The SMILES string of the molecule is C=C(C)C1C(C(=O)NCC2C(=O)NC(C)CC2C)CCCC1N(C)C1CCCC1. The highest BCUT2D eigenvalue weighted by molar-refractivity contribution is 5.83. The Balaban J connectivity index is 1.65. The summed E-state index contributed by atoms with van der Waals surface area (Å²) in [5.41, 5.74) is 1.12. The van der Waals surface area contributed by atoms with Crippen molar-refractivity contribution in [2.24, 2.45) is 23.7 Å². The van der Waals surface area contributed by atoms with Gasteiger partial charge < -0.3 is 10.6 Å². The minimum absolute atomic E-state index is 0.0315. The van der Waals surface area contributed by atoms with Gasteiger partial charge in [-0.25, -0.2) is 0 Å². The number of piperidine rings is 1. The van der Waals surface area contributed by atoms with Crippen molar-refractivity contribution in [3.8, 4) is 0 Å². The van der Waals surface area contributed by atoms with E-state index in [1.807, 2.05) is 6.92 Å². The number of hydrogen-bond acceptors (Lipinski definition) is 3. The molecule has 5 heteroatoms. The van der Waals surface area contributed by atoms with Crippen LogP contribution in [0.15, 0.2) is 12.2 Å². The first-order valence-corrected chi connectivity index (χ1v) is 11.7. The van der Waals surface area contributed by atoms with Gasteiger partial charge in [0.1, 0.15) is 0 Å². The Hall–Kier alpha value is -1.36. The van der Waals surface area contributed by atoms with E-state index in [0.29, 0.717) is 24.5 Å². The van der Waals surface area contributed by atoms with Crippen LogP contribution in [0.25, 0.3) is 0 Å². The third kappa shape index (κ3) is 5.04. The van der Waals surface area contributed by atoms with Gasteiger partial charge in [-0.2, -0.15) is 0 Å². The smallest absolute Gasteiger partial charge is 0.225 e. The summed E-state index contributed by atoms with van der Waals surface area (Å²) < 4.78 is 0. The molecule has 2 N–H and O–H groups in total. The van der Waals surface area contributed by atoms with E-state index < -0.39 is 0 Å². The molecule has 29 heavy (non-hydrogen) atoms. The van der Waals surface area contributed by atoms with Crippen LogP contribution in [-0.2, 0) is 9.59 Å². The maximum atomic E-state index is 13.2. The van der Waals surface area contributed by atoms with Crippen LogP contribution in [0.1, 0.15) is 72.1 Å². The van der Waals surface area contributed by atoms with Crippen molar-refractivity contribution in [2.75, 3.05) is 13.6 Å². The lowest BCUT2D eigenvalue weighted by Crippen LogP contribution is -2.53. The Kier molecular flexibility index (Phi) is 7.42. The summed E-state index contributed by atoms with van der Waals surface area (Å²) in [7, 11) is 2.26. The summed E-state index contributed by atoms with van der Waals surface area (Å²) in [5.74, 6) is 0.530. The summed E-state index contributed by atoms with van der Waals surface area (Å²) in [5, 5.41) is 6.18. The van der Waals surface area contributed by atoms with Crippen molar-refractivity contribution in [3.63, 3.8) is 0 Å². The molecule has 1 heterocycles. The highest BCUT2D eigenvalue weighted by Gasteiger charge is 2.42. The number of hydrogen-bond donors (Lipinski definition) is 2. The molecular weight excluding hydrogens is 362 g/mol. The van der Waals surface area contributed by atoms with Gasteiger partial charge in [0, 0.05) is 36.5 Å². The van der Waals surface area contributed by atoms with Gasteiger partial charge in [0.15, 0.2) is 0 Å². The van der Waals surface area contributed by atoms with Crippen LogP contribution in [0.5, 0.6) is 0 Å². The van der Waals surface area contributed by atoms with Crippen molar-refractivity contribution < 1.29 is 9.59 Å². The second kappa shape index (κ2) is 9.63. The quantitative estimate of drug-likeness (QED) is 0.667. The molecule has 0 aromatic carbocycles. The molecule has 0 bridgehead atoms. The van der Waals surface area contributed by atoms with E-state index in [0.717, 1.165) is 31.3 Å². The Morgan fingerprint density at radius 2 is 1.86 bits per heavy atom. The van der Waals surface area contributed by atoms with E-state index >= 15 is 0 Å². The van der Waals surface area contributed by atoms with E-state index in [1.54, 1.807) is 0 Å². The van der Waals surface area contributed by atoms with Crippen LogP contribution in [0.4, 0.5) is 0 Å². The highest BCUT2D eigenvalue weighted by Crippen LogP contribution is 2.39. The van der Waals surface area contributed by atoms with E-state index in [2.05, 4.69) is 43.0 Å². The van der Waals surface area contributed by atoms with Crippen molar-refractivity contribution in [1.82, 2.24) is 15.5 Å². The van der Waals surface area contributed by atoms with Gasteiger partial charge >= 0.3 is 0 Å². The molecule has 2 aliphatic carbocycles. The molecule has 2 amide bonds. The molecule has 5 nitrogen and oxygen atoms in total. The number of rotatable bonds is 6. The zero-order chi connectivity index (χ0) is 21.1. The molecule has 0 radical (unpaired) electrons. The fourth-order valence-corrected chi connectivity index (χ4v) is 6.20. The lowest BCUT2D eigenvalue weighted by molar-refractivity contribution is -0.131. The van der Waals surface area contributed by atoms with Crippen LogP contribution in [0.3, 0.4) is 0 Å². The van der Waals surface area contributed by atoms with Crippen LogP contribution < -0.4 is 10.6 Å². The topological polar surface area (TPSA) is 61.4 Å². The zero-order valence-electron chi connectivity index (χ0n) is 18.9. The third-order valence-corrected chi connectivity index (χ3v) is 7.83. The van der Waals surface area contributed by atoms with Crippen LogP contribution in [0, 0.1) is 23.7 Å². The maximum Gasteiger partial charge on any atom is 0.225 e. The maximum absolute atomic E-state index is 13.2. The highest BCUT2D eigenvalue weighted by atomic mass is 16.2. The minimum Gasteiger partial charge on any atom is -0.355 e. The van der Waals surface area contributed by atoms with E-state index in [1.165, 1.54) is 25.7 Å². The van der Waals surface area contributed by atoms with Gasteiger partial charge in [0.05, 0.1) is 5.92 Å². The van der Waals surface area contributed by atoms with Crippen molar-refractivity contribution in [3.05, 3.63) is 12.2 Å². The molecule has 0 aromatic rings. The summed E-state index contributed by atoms with van der Waals surface area (Å²) in [6.07, 6.45) is 9.32. The first-order valence-electron chi connectivity index (χ1n) is 11.7. The Labute approximate surface area is 177 Å². The average Bonchev–Trinajstić information content (AvgIpc) is 3.20. The predicted molar refractivity (Wildman–Crippen MR) is 117 cm³/mol. The fraction of sp³-hybridized carbons (Fsp3) is 0.833. The minimum atomic E-state index is -0.126. The molecular formula is C24H41N3O2. The van der Waals surface area contributed by atoms with E-state index in [-0.39, 0.29) is 35.6 Å². The van der Waals surface area contributed by atoms with Crippen molar-refractivity contribution >= 4 is 11.8 Å². The van der Waals surface area contributed by atoms with Crippen molar-refractivity contribution in [2.45, 2.75) is 90.3 Å². The van der Waals surface area contributed by atoms with Crippen molar-refractivity contribution in [1.29, 1.82) is 0 Å². The molecule has 0 spiro atoms. The van der Waals surface area contributed by atoms with Gasteiger partial charge in [-0.1, -0.05) is 38.3 Å². The molecule has 3 fully saturated rings. The number of carbonyl (C=O) groups excluding carboxylic acids is 2. The largest absolute Gasteiger partial charge is 0.355 e. The zero-order valence-corrected chi connectivity index (χ0v) is 18.9.